The van der Waals surface area contributed by atoms with Crippen LogP contribution in [0.4, 0.5) is 8.78 Å². The first-order valence-corrected chi connectivity index (χ1v) is 3.72. The molecular weight excluding hydrogens is 188 g/mol. The minimum absolute atomic E-state index is 0.0271. The summed E-state index contributed by atoms with van der Waals surface area (Å²) in [6.07, 6.45) is 0. The first kappa shape index (κ1) is 9.48. The van der Waals surface area contributed by atoms with Gasteiger partial charge in [0.1, 0.15) is 0 Å². The Morgan fingerprint density at radius 3 is 2.67 bits per heavy atom. The van der Waals surface area contributed by atoms with Crippen LogP contribution in [0.2, 0.25) is 5.22 Å². The number of furan rings is 1. The van der Waals surface area contributed by atoms with Crippen molar-refractivity contribution >= 4 is 11.6 Å². The van der Waals surface area contributed by atoms with Gasteiger partial charge in [0.05, 0.1) is 6.54 Å². The average molecular weight is 196 g/mol. The second-order valence-electron chi connectivity index (χ2n) is 2.34. The van der Waals surface area contributed by atoms with Crippen LogP contribution < -0.4 is 5.32 Å². The van der Waals surface area contributed by atoms with Crippen molar-refractivity contribution in [2.24, 2.45) is 0 Å². The Labute approximate surface area is 73.5 Å². The van der Waals surface area contributed by atoms with Gasteiger partial charge >= 0.3 is 5.92 Å². The molecule has 0 aliphatic rings. The third-order valence-electron chi connectivity index (χ3n) is 1.33. The van der Waals surface area contributed by atoms with Gasteiger partial charge in [0, 0.05) is 0 Å². The maximum atomic E-state index is 13.0. The van der Waals surface area contributed by atoms with Crippen LogP contribution in [-0.2, 0) is 5.92 Å². The Hall–Kier alpha value is -0.610. The van der Waals surface area contributed by atoms with Gasteiger partial charge < -0.3 is 9.73 Å². The summed E-state index contributed by atoms with van der Waals surface area (Å²) in [6.45, 7) is -0.461. The summed E-state index contributed by atoms with van der Waals surface area (Å²) >= 11 is 5.35. The maximum Gasteiger partial charge on any atom is 0.316 e. The number of hydrogen-bond acceptors (Lipinski definition) is 2. The Morgan fingerprint density at radius 2 is 2.25 bits per heavy atom. The van der Waals surface area contributed by atoms with E-state index in [4.69, 9.17) is 11.6 Å². The fraction of sp³-hybridized carbons (Fsp3) is 0.429. The van der Waals surface area contributed by atoms with Gasteiger partial charge in [-0.3, -0.25) is 0 Å². The summed E-state index contributed by atoms with van der Waals surface area (Å²) < 4.78 is 30.5. The van der Waals surface area contributed by atoms with E-state index in [1.54, 1.807) is 0 Å². The molecule has 1 aromatic heterocycles. The van der Waals surface area contributed by atoms with Crippen LogP contribution in [0.15, 0.2) is 16.5 Å². The highest BCUT2D eigenvalue weighted by molar-refractivity contribution is 6.28. The Bertz CT molecular complexity index is 262. The Kier molecular flexibility index (Phi) is 2.69. The van der Waals surface area contributed by atoms with Crippen molar-refractivity contribution in [2.45, 2.75) is 5.92 Å². The molecule has 12 heavy (non-hydrogen) atoms. The molecule has 5 heteroatoms. The smallest absolute Gasteiger partial charge is 0.316 e. The summed E-state index contributed by atoms with van der Waals surface area (Å²) in [5, 5.41) is 2.34. The van der Waals surface area contributed by atoms with Crippen molar-refractivity contribution in [1.29, 1.82) is 0 Å². The van der Waals surface area contributed by atoms with Crippen molar-refractivity contribution in [2.75, 3.05) is 13.6 Å². The lowest BCUT2D eigenvalue weighted by atomic mass is 10.2. The summed E-state index contributed by atoms with van der Waals surface area (Å²) in [6, 6.07) is 2.46. The quantitative estimate of drug-likeness (QED) is 0.800. The van der Waals surface area contributed by atoms with Gasteiger partial charge in [0.25, 0.3) is 0 Å². The highest BCUT2D eigenvalue weighted by atomic mass is 35.5. The number of rotatable bonds is 3. The fourth-order valence-corrected chi connectivity index (χ4v) is 0.966. The summed E-state index contributed by atoms with van der Waals surface area (Å²) in [7, 11) is 1.44. The zero-order valence-corrected chi connectivity index (χ0v) is 7.16. The minimum atomic E-state index is -3.00. The van der Waals surface area contributed by atoms with E-state index in [-0.39, 0.29) is 5.22 Å². The van der Waals surface area contributed by atoms with Gasteiger partial charge in [-0.1, -0.05) is 0 Å². The van der Waals surface area contributed by atoms with Crippen LogP contribution in [0, 0.1) is 0 Å². The van der Waals surface area contributed by atoms with E-state index < -0.39 is 18.2 Å². The number of alkyl halides is 2. The standard InChI is InChI=1S/C7H8ClF2NO/c1-11-4-7(9,10)5-2-3-6(8)12-5/h2-3,11H,4H2,1H3. The predicted octanol–water partition coefficient (Wildman–Crippen LogP) is 2.24. The largest absolute Gasteiger partial charge is 0.443 e. The van der Waals surface area contributed by atoms with Crippen LogP contribution in [0.3, 0.4) is 0 Å². The monoisotopic (exact) mass is 195 g/mol. The van der Waals surface area contributed by atoms with Gasteiger partial charge in [-0.15, -0.1) is 0 Å². The second-order valence-corrected chi connectivity index (χ2v) is 2.71. The normalized spacial score (nSPS) is 12.0. The lowest BCUT2D eigenvalue weighted by molar-refractivity contribution is -0.0224. The summed E-state index contributed by atoms with van der Waals surface area (Å²) in [5.41, 5.74) is 0. The molecular formula is C7H8ClF2NO. The second kappa shape index (κ2) is 3.41. The van der Waals surface area contributed by atoms with Gasteiger partial charge in [0.15, 0.2) is 11.0 Å². The third kappa shape index (κ3) is 1.95. The van der Waals surface area contributed by atoms with Crippen LogP contribution in [0.5, 0.6) is 0 Å². The van der Waals surface area contributed by atoms with E-state index in [2.05, 4.69) is 9.73 Å². The number of hydrogen-bond donors (Lipinski definition) is 1. The van der Waals surface area contributed by atoms with Crippen molar-refractivity contribution in [3.63, 3.8) is 0 Å². The highest BCUT2D eigenvalue weighted by Gasteiger charge is 2.34. The van der Waals surface area contributed by atoms with E-state index in [1.165, 1.54) is 19.2 Å². The molecule has 1 N–H and O–H groups in total. The SMILES string of the molecule is CNCC(F)(F)c1ccc(Cl)o1. The lowest BCUT2D eigenvalue weighted by Gasteiger charge is -2.11. The van der Waals surface area contributed by atoms with E-state index in [0.717, 1.165) is 0 Å². The predicted molar refractivity (Wildman–Crippen MR) is 41.5 cm³/mol. The maximum absolute atomic E-state index is 13.0. The molecule has 2 nitrogen and oxygen atoms in total. The zero-order valence-electron chi connectivity index (χ0n) is 6.40. The molecule has 0 amide bonds. The summed E-state index contributed by atoms with van der Waals surface area (Å²) in [5.74, 6) is -3.41. The molecule has 1 aromatic rings. The average Bonchev–Trinajstić information content (AvgIpc) is 2.36. The van der Waals surface area contributed by atoms with Crippen molar-refractivity contribution in [3.8, 4) is 0 Å². The zero-order chi connectivity index (χ0) is 9.19. The first-order chi connectivity index (χ1) is 5.56. The number of nitrogens with one attached hydrogen (secondary N) is 1. The topological polar surface area (TPSA) is 25.2 Å². The van der Waals surface area contributed by atoms with Crippen LogP contribution in [-0.4, -0.2) is 13.6 Å². The molecule has 0 aliphatic carbocycles. The molecule has 1 rings (SSSR count). The molecule has 0 radical (unpaired) electrons. The fourth-order valence-electron chi connectivity index (χ4n) is 0.820. The molecule has 0 bridgehead atoms. The van der Waals surface area contributed by atoms with Gasteiger partial charge in [-0.2, -0.15) is 8.78 Å². The Morgan fingerprint density at radius 1 is 1.58 bits per heavy atom. The van der Waals surface area contributed by atoms with Gasteiger partial charge in [-0.05, 0) is 30.8 Å². The molecule has 0 aromatic carbocycles. The van der Waals surface area contributed by atoms with E-state index in [0.29, 0.717) is 0 Å². The van der Waals surface area contributed by atoms with E-state index in [9.17, 15) is 8.78 Å². The van der Waals surface area contributed by atoms with Crippen molar-refractivity contribution in [3.05, 3.63) is 23.1 Å². The molecule has 0 saturated carbocycles. The molecule has 0 fully saturated rings. The molecule has 0 atom stereocenters. The molecule has 0 unspecified atom stereocenters. The summed E-state index contributed by atoms with van der Waals surface area (Å²) in [4.78, 5) is 0. The van der Waals surface area contributed by atoms with Crippen LogP contribution in [0.1, 0.15) is 5.76 Å². The molecule has 68 valence electrons. The van der Waals surface area contributed by atoms with Crippen LogP contribution in [0.25, 0.3) is 0 Å². The van der Waals surface area contributed by atoms with E-state index in [1.807, 2.05) is 0 Å². The molecule has 1 heterocycles. The minimum Gasteiger partial charge on any atom is -0.443 e. The van der Waals surface area contributed by atoms with E-state index >= 15 is 0 Å². The van der Waals surface area contributed by atoms with Gasteiger partial charge in [-0.25, -0.2) is 0 Å². The van der Waals surface area contributed by atoms with Crippen molar-refractivity contribution in [1.82, 2.24) is 5.32 Å². The van der Waals surface area contributed by atoms with Crippen LogP contribution >= 0.6 is 11.6 Å². The highest BCUT2D eigenvalue weighted by Crippen LogP contribution is 2.29. The Balaban J connectivity index is 2.81. The van der Waals surface area contributed by atoms with Crippen molar-refractivity contribution < 1.29 is 13.2 Å². The van der Waals surface area contributed by atoms with Gasteiger partial charge in [0.2, 0.25) is 0 Å². The molecule has 0 aliphatic heterocycles. The molecule has 0 spiro atoms. The molecule has 0 saturated heterocycles. The first-order valence-electron chi connectivity index (χ1n) is 3.34. The number of likely N-dealkylation sites (N-methyl/N-ethyl adjacent to an activating group) is 1. The third-order valence-corrected chi connectivity index (χ3v) is 1.54. The lowest BCUT2D eigenvalue weighted by Crippen LogP contribution is -2.27. The number of halogens is 3.